The number of hydrogen-bond acceptors (Lipinski definition) is 4. The van der Waals surface area contributed by atoms with E-state index >= 15 is 0 Å². The van der Waals surface area contributed by atoms with E-state index in [0.717, 1.165) is 36.4 Å². The molecule has 1 atom stereocenters. The monoisotopic (exact) mass is 386 g/mol. The Labute approximate surface area is 168 Å². The fraction of sp³-hybridized carbons (Fsp3) is 0.273. The molecule has 1 saturated heterocycles. The van der Waals surface area contributed by atoms with Crippen molar-refractivity contribution in [3.8, 4) is 0 Å². The highest BCUT2D eigenvalue weighted by Gasteiger charge is 2.28. The molecule has 1 aliphatic rings. The fourth-order valence-corrected chi connectivity index (χ4v) is 4.02. The Kier molecular flexibility index (Phi) is 4.56. The molecule has 1 fully saturated rings. The molecule has 5 rings (SSSR count). The smallest absolute Gasteiger partial charge is 0.257 e. The maximum absolute atomic E-state index is 13.1. The predicted octanol–water partition coefficient (Wildman–Crippen LogP) is 2.99. The average Bonchev–Trinajstić information content (AvgIpc) is 3.41. The highest BCUT2D eigenvalue weighted by Crippen LogP contribution is 2.27. The standard InChI is InChI=1S/C22H22N6O/c29-22(19-13-23-27(16-19)14-17-7-2-1-3-8-17)26-11-6-9-18(15-26)21-25-24-20-10-4-5-12-28(20)21/h1-5,7-8,10,12-13,16,18H,6,9,11,14-15H2/t18-/m0/s1. The van der Waals surface area contributed by atoms with Crippen LogP contribution in [0, 0.1) is 0 Å². The zero-order valence-electron chi connectivity index (χ0n) is 16.1. The molecule has 0 spiro atoms. The molecule has 7 nitrogen and oxygen atoms in total. The molecular weight excluding hydrogens is 364 g/mol. The third-order valence-electron chi connectivity index (χ3n) is 5.48. The first-order valence-corrected chi connectivity index (χ1v) is 9.93. The van der Waals surface area contributed by atoms with Crippen molar-refractivity contribution >= 4 is 11.6 Å². The third-order valence-corrected chi connectivity index (χ3v) is 5.48. The summed E-state index contributed by atoms with van der Waals surface area (Å²) < 4.78 is 3.84. The van der Waals surface area contributed by atoms with Gasteiger partial charge >= 0.3 is 0 Å². The Morgan fingerprint density at radius 3 is 2.83 bits per heavy atom. The Hall–Kier alpha value is -3.48. The van der Waals surface area contributed by atoms with Gasteiger partial charge in [0.25, 0.3) is 5.91 Å². The minimum absolute atomic E-state index is 0.0304. The molecule has 0 N–H and O–H groups in total. The lowest BCUT2D eigenvalue weighted by Crippen LogP contribution is -2.39. The number of amides is 1. The van der Waals surface area contributed by atoms with Crippen LogP contribution in [0.25, 0.3) is 5.65 Å². The first-order valence-electron chi connectivity index (χ1n) is 9.93. The van der Waals surface area contributed by atoms with Crippen LogP contribution in [-0.4, -0.2) is 48.3 Å². The average molecular weight is 386 g/mol. The maximum Gasteiger partial charge on any atom is 0.257 e. The number of benzene rings is 1. The lowest BCUT2D eigenvalue weighted by Gasteiger charge is -2.31. The first kappa shape index (κ1) is 17.6. The minimum Gasteiger partial charge on any atom is -0.338 e. The zero-order valence-corrected chi connectivity index (χ0v) is 16.1. The van der Waals surface area contributed by atoms with Gasteiger partial charge < -0.3 is 4.90 Å². The molecule has 4 aromatic rings. The molecular formula is C22H22N6O. The lowest BCUT2D eigenvalue weighted by molar-refractivity contribution is 0.0704. The van der Waals surface area contributed by atoms with Crippen LogP contribution < -0.4 is 0 Å². The van der Waals surface area contributed by atoms with Gasteiger partial charge in [0.05, 0.1) is 18.3 Å². The van der Waals surface area contributed by atoms with Crippen LogP contribution in [-0.2, 0) is 6.54 Å². The van der Waals surface area contributed by atoms with Crippen molar-refractivity contribution in [1.29, 1.82) is 0 Å². The van der Waals surface area contributed by atoms with Gasteiger partial charge in [-0.3, -0.25) is 13.9 Å². The highest BCUT2D eigenvalue weighted by atomic mass is 16.2. The van der Waals surface area contributed by atoms with E-state index in [2.05, 4.69) is 27.4 Å². The summed E-state index contributed by atoms with van der Waals surface area (Å²) in [4.78, 5) is 15.0. The third kappa shape index (κ3) is 3.51. The van der Waals surface area contributed by atoms with Crippen LogP contribution in [0.5, 0.6) is 0 Å². The van der Waals surface area contributed by atoms with Crippen LogP contribution in [0.1, 0.15) is 40.5 Å². The predicted molar refractivity (Wildman–Crippen MR) is 109 cm³/mol. The Morgan fingerprint density at radius 1 is 1.07 bits per heavy atom. The summed E-state index contributed by atoms with van der Waals surface area (Å²) in [6.45, 7) is 2.07. The molecule has 1 aromatic carbocycles. The molecule has 7 heteroatoms. The molecule has 0 saturated carbocycles. The highest BCUT2D eigenvalue weighted by molar-refractivity contribution is 5.93. The van der Waals surface area contributed by atoms with Crippen molar-refractivity contribution in [2.24, 2.45) is 0 Å². The van der Waals surface area contributed by atoms with Crippen molar-refractivity contribution in [3.05, 3.63) is 84.1 Å². The quantitative estimate of drug-likeness (QED) is 0.541. The fourth-order valence-electron chi connectivity index (χ4n) is 4.02. The van der Waals surface area contributed by atoms with Gasteiger partial charge in [-0.05, 0) is 30.5 Å². The second-order valence-electron chi connectivity index (χ2n) is 7.49. The molecule has 0 aliphatic carbocycles. The second-order valence-corrected chi connectivity index (χ2v) is 7.49. The normalized spacial score (nSPS) is 17.0. The zero-order chi connectivity index (χ0) is 19.6. The van der Waals surface area contributed by atoms with Gasteiger partial charge in [-0.15, -0.1) is 10.2 Å². The summed E-state index contributed by atoms with van der Waals surface area (Å²) in [7, 11) is 0. The summed E-state index contributed by atoms with van der Waals surface area (Å²) in [5, 5.41) is 13.0. The van der Waals surface area contributed by atoms with E-state index in [9.17, 15) is 4.79 Å². The Morgan fingerprint density at radius 2 is 1.93 bits per heavy atom. The van der Waals surface area contributed by atoms with E-state index in [4.69, 9.17) is 0 Å². The van der Waals surface area contributed by atoms with Gasteiger partial charge in [0.2, 0.25) is 0 Å². The summed E-state index contributed by atoms with van der Waals surface area (Å²) in [5.41, 5.74) is 2.63. The van der Waals surface area contributed by atoms with Gasteiger partial charge in [-0.25, -0.2) is 0 Å². The number of carbonyl (C=O) groups is 1. The number of fused-ring (bicyclic) bond motifs is 1. The van der Waals surface area contributed by atoms with E-state index in [0.29, 0.717) is 18.7 Å². The van der Waals surface area contributed by atoms with E-state index in [1.165, 1.54) is 0 Å². The van der Waals surface area contributed by atoms with E-state index in [1.54, 1.807) is 6.20 Å². The number of likely N-dealkylation sites (tertiary alicyclic amines) is 1. The van der Waals surface area contributed by atoms with E-state index in [-0.39, 0.29) is 11.8 Å². The summed E-state index contributed by atoms with van der Waals surface area (Å²) in [6.07, 6.45) is 7.45. The van der Waals surface area contributed by atoms with Gasteiger partial charge in [0, 0.05) is 31.4 Å². The molecule has 0 unspecified atom stereocenters. The van der Waals surface area contributed by atoms with Gasteiger partial charge in [-0.2, -0.15) is 5.10 Å². The Balaban J connectivity index is 1.31. The number of carbonyl (C=O) groups excluding carboxylic acids is 1. The van der Waals surface area contributed by atoms with Crippen LogP contribution in [0.4, 0.5) is 0 Å². The second kappa shape index (κ2) is 7.50. The Bertz CT molecular complexity index is 1130. The van der Waals surface area contributed by atoms with E-state index < -0.39 is 0 Å². The summed E-state index contributed by atoms with van der Waals surface area (Å²) in [5.74, 6) is 1.14. The van der Waals surface area contributed by atoms with Crippen molar-refractivity contribution < 1.29 is 4.79 Å². The minimum atomic E-state index is 0.0304. The molecule has 3 aromatic heterocycles. The van der Waals surface area contributed by atoms with Gasteiger partial charge in [0.1, 0.15) is 5.82 Å². The molecule has 146 valence electrons. The number of hydrogen-bond donors (Lipinski definition) is 0. The van der Waals surface area contributed by atoms with Crippen molar-refractivity contribution in [1.82, 2.24) is 29.3 Å². The SMILES string of the molecule is O=C(c1cnn(Cc2ccccc2)c1)N1CCC[C@H](c2nnc3ccccn23)C1. The molecule has 0 bridgehead atoms. The largest absolute Gasteiger partial charge is 0.338 e. The van der Waals surface area contributed by atoms with Crippen molar-refractivity contribution in [2.45, 2.75) is 25.3 Å². The van der Waals surface area contributed by atoms with Crippen LogP contribution in [0.3, 0.4) is 0 Å². The van der Waals surface area contributed by atoms with Gasteiger partial charge in [-0.1, -0.05) is 36.4 Å². The first-order chi connectivity index (χ1) is 14.3. The molecule has 29 heavy (non-hydrogen) atoms. The lowest BCUT2D eigenvalue weighted by atomic mass is 9.96. The molecule has 0 radical (unpaired) electrons. The number of nitrogens with zero attached hydrogens (tertiary/aromatic N) is 6. The maximum atomic E-state index is 13.1. The molecule has 1 aliphatic heterocycles. The number of pyridine rings is 1. The number of aromatic nitrogens is 5. The van der Waals surface area contributed by atoms with Crippen LogP contribution >= 0.6 is 0 Å². The van der Waals surface area contributed by atoms with Crippen LogP contribution in [0.15, 0.2) is 67.1 Å². The molecule has 4 heterocycles. The summed E-state index contributed by atoms with van der Waals surface area (Å²) in [6, 6.07) is 16.0. The number of piperidine rings is 1. The van der Waals surface area contributed by atoms with E-state index in [1.807, 2.05) is 62.8 Å². The van der Waals surface area contributed by atoms with Crippen LogP contribution in [0.2, 0.25) is 0 Å². The summed E-state index contributed by atoms with van der Waals surface area (Å²) >= 11 is 0. The van der Waals surface area contributed by atoms with Crippen molar-refractivity contribution in [2.75, 3.05) is 13.1 Å². The van der Waals surface area contributed by atoms with Crippen molar-refractivity contribution in [3.63, 3.8) is 0 Å². The number of rotatable bonds is 4. The van der Waals surface area contributed by atoms with Gasteiger partial charge in [0.15, 0.2) is 5.65 Å². The topological polar surface area (TPSA) is 68.3 Å². The molecule has 1 amide bonds.